The van der Waals surface area contributed by atoms with Crippen molar-refractivity contribution in [2.45, 2.75) is 31.8 Å². The number of rotatable bonds is 5. The smallest absolute Gasteiger partial charge is 0.174 e. The molecule has 2 aromatic rings. The fraction of sp³-hybridized carbons (Fsp3) is 0.353. The number of fused-ring (bicyclic) bond motifs is 1. The first-order valence-electron chi connectivity index (χ1n) is 7.25. The van der Waals surface area contributed by atoms with Gasteiger partial charge in [-0.3, -0.25) is 0 Å². The third kappa shape index (κ3) is 3.26. The quantitative estimate of drug-likeness (QED) is 0.913. The van der Waals surface area contributed by atoms with E-state index in [0.717, 1.165) is 42.9 Å². The van der Waals surface area contributed by atoms with Crippen LogP contribution >= 0.6 is 0 Å². The second-order valence-corrected chi connectivity index (χ2v) is 5.22. The van der Waals surface area contributed by atoms with E-state index < -0.39 is 0 Å². The van der Waals surface area contributed by atoms with Gasteiger partial charge in [-0.2, -0.15) is 5.26 Å². The van der Waals surface area contributed by atoms with E-state index in [1.54, 1.807) is 6.26 Å². The van der Waals surface area contributed by atoms with E-state index in [9.17, 15) is 0 Å². The lowest BCUT2D eigenvalue weighted by Gasteiger charge is -2.23. The molecule has 4 nitrogen and oxygen atoms in total. The normalized spacial score (nSPS) is 17.0. The third-order valence-corrected chi connectivity index (χ3v) is 3.81. The standard InChI is InChI=1S/C17H18N2O2/c18-8-10-20-14-4-1-3-13(11-14)12-19-16-5-2-6-17-15(16)7-9-21-17/h1,3-4,7,9,11,16,19H,2,5-6,10,12H2. The van der Waals surface area contributed by atoms with Gasteiger partial charge in [0.15, 0.2) is 6.61 Å². The fourth-order valence-corrected chi connectivity index (χ4v) is 2.80. The number of ether oxygens (including phenoxy) is 1. The Morgan fingerprint density at radius 3 is 3.24 bits per heavy atom. The number of nitriles is 1. The molecule has 1 N–H and O–H groups in total. The molecule has 0 saturated heterocycles. The van der Waals surface area contributed by atoms with Crippen LogP contribution in [0, 0.1) is 11.3 Å². The van der Waals surface area contributed by atoms with E-state index in [2.05, 4.69) is 17.4 Å². The maximum atomic E-state index is 8.55. The Balaban J connectivity index is 1.62. The molecule has 3 rings (SSSR count). The molecule has 1 atom stereocenters. The van der Waals surface area contributed by atoms with Crippen LogP contribution in [0.15, 0.2) is 41.0 Å². The van der Waals surface area contributed by atoms with E-state index in [1.807, 2.05) is 24.3 Å². The minimum absolute atomic E-state index is 0.0812. The van der Waals surface area contributed by atoms with Gasteiger partial charge in [-0.1, -0.05) is 12.1 Å². The summed E-state index contributed by atoms with van der Waals surface area (Å²) in [6.07, 6.45) is 5.11. The van der Waals surface area contributed by atoms with Crippen LogP contribution in [0.1, 0.15) is 35.8 Å². The summed E-state index contributed by atoms with van der Waals surface area (Å²) in [6.45, 7) is 0.858. The molecular formula is C17H18N2O2. The lowest BCUT2D eigenvalue weighted by atomic mass is 9.93. The first-order valence-corrected chi connectivity index (χ1v) is 7.25. The summed E-state index contributed by atoms with van der Waals surface area (Å²) in [6, 6.07) is 12.3. The Morgan fingerprint density at radius 1 is 1.38 bits per heavy atom. The Bertz CT molecular complexity index is 642. The molecule has 0 amide bonds. The van der Waals surface area contributed by atoms with E-state index in [1.165, 1.54) is 5.56 Å². The van der Waals surface area contributed by atoms with Crippen molar-refractivity contribution in [3.05, 3.63) is 53.5 Å². The summed E-state index contributed by atoms with van der Waals surface area (Å²) in [5.41, 5.74) is 2.44. The summed E-state index contributed by atoms with van der Waals surface area (Å²) in [5.74, 6) is 1.85. The van der Waals surface area contributed by atoms with Crippen LogP contribution in [-0.2, 0) is 13.0 Å². The second-order valence-electron chi connectivity index (χ2n) is 5.22. The zero-order valence-corrected chi connectivity index (χ0v) is 11.8. The van der Waals surface area contributed by atoms with Crippen LogP contribution in [0.3, 0.4) is 0 Å². The van der Waals surface area contributed by atoms with Gasteiger partial charge >= 0.3 is 0 Å². The SMILES string of the molecule is N#CCOc1cccc(CNC2CCCc3occc32)c1. The van der Waals surface area contributed by atoms with Crippen molar-refractivity contribution in [3.8, 4) is 11.8 Å². The molecule has 0 spiro atoms. The Morgan fingerprint density at radius 2 is 2.33 bits per heavy atom. The largest absolute Gasteiger partial charge is 0.479 e. The van der Waals surface area contributed by atoms with Crippen LogP contribution in [0.2, 0.25) is 0 Å². The van der Waals surface area contributed by atoms with Gasteiger partial charge in [-0.25, -0.2) is 0 Å². The predicted molar refractivity (Wildman–Crippen MR) is 78.8 cm³/mol. The lowest BCUT2D eigenvalue weighted by molar-refractivity contribution is 0.367. The minimum Gasteiger partial charge on any atom is -0.479 e. The van der Waals surface area contributed by atoms with Crippen LogP contribution < -0.4 is 10.1 Å². The molecule has 0 fully saturated rings. The topological polar surface area (TPSA) is 58.2 Å². The number of aryl methyl sites for hydroxylation is 1. The maximum Gasteiger partial charge on any atom is 0.174 e. The predicted octanol–water partition coefficient (Wildman–Crippen LogP) is 3.35. The summed E-state index contributed by atoms with van der Waals surface area (Å²) < 4.78 is 10.8. The molecule has 0 bridgehead atoms. The van der Waals surface area contributed by atoms with Crippen molar-refractivity contribution in [2.75, 3.05) is 6.61 Å². The van der Waals surface area contributed by atoms with Gasteiger partial charge in [-0.05, 0) is 36.6 Å². The molecule has 21 heavy (non-hydrogen) atoms. The highest BCUT2D eigenvalue weighted by Crippen LogP contribution is 2.30. The summed E-state index contributed by atoms with van der Waals surface area (Å²) >= 11 is 0. The molecular weight excluding hydrogens is 264 g/mol. The summed E-state index contributed by atoms with van der Waals surface area (Å²) in [7, 11) is 0. The molecule has 4 heteroatoms. The van der Waals surface area contributed by atoms with E-state index >= 15 is 0 Å². The average Bonchev–Trinajstić information content (AvgIpc) is 3.00. The van der Waals surface area contributed by atoms with Crippen LogP contribution in [0.5, 0.6) is 5.75 Å². The first kappa shape index (κ1) is 13.7. The van der Waals surface area contributed by atoms with Gasteiger partial charge in [0, 0.05) is 24.6 Å². The highest BCUT2D eigenvalue weighted by Gasteiger charge is 2.21. The van der Waals surface area contributed by atoms with Crippen LogP contribution in [0.25, 0.3) is 0 Å². The average molecular weight is 282 g/mol. The first-order chi connectivity index (χ1) is 10.4. The number of nitrogens with one attached hydrogen (secondary N) is 1. The molecule has 0 aliphatic heterocycles. The molecule has 1 aromatic carbocycles. The number of hydrogen-bond donors (Lipinski definition) is 1. The van der Waals surface area contributed by atoms with Gasteiger partial charge in [0.2, 0.25) is 0 Å². The van der Waals surface area contributed by atoms with Gasteiger partial charge in [0.05, 0.1) is 6.26 Å². The zero-order chi connectivity index (χ0) is 14.5. The maximum absolute atomic E-state index is 8.55. The minimum atomic E-state index is 0.0812. The second kappa shape index (κ2) is 6.47. The van der Waals surface area contributed by atoms with Gasteiger partial charge in [0.25, 0.3) is 0 Å². The molecule has 0 saturated carbocycles. The van der Waals surface area contributed by atoms with Crippen molar-refractivity contribution in [1.82, 2.24) is 5.32 Å². The highest BCUT2D eigenvalue weighted by atomic mass is 16.5. The van der Waals surface area contributed by atoms with Crippen molar-refractivity contribution < 1.29 is 9.15 Å². The van der Waals surface area contributed by atoms with E-state index in [-0.39, 0.29) is 6.61 Å². The van der Waals surface area contributed by atoms with Gasteiger partial charge in [0.1, 0.15) is 17.6 Å². The van der Waals surface area contributed by atoms with E-state index in [4.69, 9.17) is 14.4 Å². The van der Waals surface area contributed by atoms with Crippen molar-refractivity contribution in [1.29, 1.82) is 5.26 Å². The van der Waals surface area contributed by atoms with Crippen molar-refractivity contribution >= 4 is 0 Å². The van der Waals surface area contributed by atoms with Crippen molar-refractivity contribution in [2.24, 2.45) is 0 Å². The van der Waals surface area contributed by atoms with Crippen molar-refractivity contribution in [3.63, 3.8) is 0 Å². The molecule has 1 unspecified atom stereocenters. The Hall–Kier alpha value is -2.25. The van der Waals surface area contributed by atoms with Crippen LogP contribution in [-0.4, -0.2) is 6.61 Å². The summed E-state index contributed by atoms with van der Waals surface area (Å²) in [5, 5.41) is 12.1. The van der Waals surface area contributed by atoms with Gasteiger partial charge < -0.3 is 14.5 Å². The zero-order valence-electron chi connectivity index (χ0n) is 11.8. The van der Waals surface area contributed by atoms with E-state index in [0.29, 0.717) is 6.04 Å². The monoisotopic (exact) mass is 282 g/mol. The van der Waals surface area contributed by atoms with Gasteiger partial charge in [-0.15, -0.1) is 0 Å². The number of benzene rings is 1. The summed E-state index contributed by atoms with van der Waals surface area (Å²) in [4.78, 5) is 0. The molecule has 0 radical (unpaired) electrons. The highest BCUT2D eigenvalue weighted by molar-refractivity contribution is 5.29. The number of hydrogen-bond acceptors (Lipinski definition) is 4. The Labute approximate surface area is 124 Å². The molecule has 108 valence electrons. The molecule has 1 aliphatic rings. The molecule has 1 heterocycles. The Kier molecular flexibility index (Phi) is 4.23. The van der Waals surface area contributed by atoms with Crippen LogP contribution in [0.4, 0.5) is 0 Å². The lowest BCUT2D eigenvalue weighted by Crippen LogP contribution is -2.24. The third-order valence-electron chi connectivity index (χ3n) is 3.81. The molecule has 1 aliphatic carbocycles. The molecule has 1 aromatic heterocycles. The fourth-order valence-electron chi connectivity index (χ4n) is 2.80. The number of nitrogens with zero attached hydrogens (tertiary/aromatic N) is 1. The number of furan rings is 1.